The van der Waals surface area contributed by atoms with Gasteiger partial charge < -0.3 is 10.5 Å². The van der Waals surface area contributed by atoms with Gasteiger partial charge >= 0.3 is 0 Å². The zero-order chi connectivity index (χ0) is 14.8. The van der Waals surface area contributed by atoms with Crippen LogP contribution in [0.2, 0.25) is 0 Å². The highest BCUT2D eigenvalue weighted by molar-refractivity contribution is 5.89. The molecule has 0 spiro atoms. The number of fused-ring (bicyclic) bond motifs is 1. The van der Waals surface area contributed by atoms with Gasteiger partial charge in [0.25, 0.3) is 0 Å². The van der Waals surface area contributed by atoms with Gasteiger partial charge in [0.05, 0.1) is 29.0 Å². The lowest BCUT2D eigenvalue weighted by atomic mass is 10.1. The second kappa shape index (κ2) is 5.14. The summed E-state index contributed by atoms with van der Waals surface area (Å²) >= 11 is 0. The quantitative estimate of drug-likeness (QED) is 0.772. The summed E-state index contributed by atoms with van der Waals surface area (Å²) in [5.41, 5.74) is 8.77. The van der Waals surface area contributed by atoms with Gasteiger partial charge in [0.2, 0.25) is 0 Å². The molecule has 2 N–H and O–H groups in total. The first kappa shape index (κ1) is 12.9. The van der Waals surface area contributed by atoms with Gasteiger partial charge in [0.15, 0.2) is 5.75 Å². The molecule has 4 nitrogen and oxygen atoms in total. The summed E-state index contributed by atoms with van der Waals surface area (Å²) in [6, 6.07) is 15.1. The summed E-state index contributed by atoms with van der Waals surface area (Å²) < 4.78 is 5.98. The summed E-state index contributed by atoms with van der Waals surface area (Å²) in [6.07, 6.45) is 1.58. The van der Waals surface area contributed by atoms with Crippen LogP contribution in [0.3, 0.4) is 0 Å². The highest BCUT2D eigenvalue weighted by atomic mass is 16.5. The average molecular weight is 275 g/mol. The van der Waals surface area contributed by atoms with Gasteiger partial charge in [-0.25, -0.2) is 0 Å². The van der Waals surface area contributed by atoms with Crippen molar-refractivity contribution in [2.24, 2.45) is 0 Å². The molecule has 0 saturated carbocycles. The third-order valence-electron chi connectivity index (χ3n) is 3.28. The molecule has 21 heavy (non-hydrogen) atoms. The molecule has 3 rings (SSSR count). The summed E-state index contributed by atoms with van der Waals surface area (Å²) in [5.74, 6) is 1.19. The standard InChI is InChI=1S/C17H13N3O/c1-11-6-7-12(9-18)8-16(11)21-17-13-4-2-3-5-15(13)20-10-14(17)19/h2-8,10H,19H2,1H3. The molecule has 1 heterocycles. The number of anilines is 1. The molecule has 0 fully saturated rings. The van der Waals surface area contributed by atoms with Gasteiger partial charge in [-0.15, -0.1) is 0 Å². The summed E-state index contributed by atoms with van der Waals surface area (Å²) in [5, 5.41) is 9.85. The van der Waals surface area contributed by atoms with Crippen LogP contribution < -0.4 is 10.5 Å². The maximum atomic E-state index is 9.01. The minimum atomic E-state index is 0.468. The van der Waals surface area contributed by atoms with Gasteiger partial charge in [0, 0.05) is 5.39 Å². The Morgan fingerprint density at radius 1 is 1.19 bits per heavy atom. The normalized spacial score (nSPS) is 10.3. The van der Waals surface area contributed by atoms with E-state index in [-0.39, 0.29) is 0 Å². The van der Waals surface area contributed by atoms with E-state index >= 15 is 0 Å². The van der Waals surface area contributed by atoms with Crippen LogP contribution in [0.25, 0.3) is 10.9 Å². The van der Waals surface area contributed by atoms with Crippen molar-refractivity contribution in [3.63, 3.8) is 0 Å². The van der Waals surface area contributed by atoms with Gasteiger partial charge in [0.1, 0.15) is 5.75 Å². The van der Waals surface area contributed by atoms with Crippen LogP contribution in [0, 0.1) is 18.3 Å². The molecule has 0 aliphatic carbocycles. The number of nitrogens with zero attached hydrogens (tertiary/aromatic N) is 2. The second-order valence-corrected chi connectivity index (χ2v) is 4.75. The van der Waals surface area contributed by atoms with Crippen molar-refractivity contribution in [2.45, 2.75) is 6.92 Å². The second-order valence-electron chi connectivity index (χ2n) is 4.75. The van der Waals surface area contributed by atoms with E-state index < -0.39 is 0 Å². The molecule has 0 radical (unpaired) electrons. The highest BCUT2D eigenvalue weighted by Gasteiger charge is 2.11. The Hall–Kier alpha value is -3.06. The van der Waals surface area contributed by atoms with Crippen LogP contribution in [0.4, 0.5) is 5.69 Å². The predicted molar refractivity (Wildman–Crippen MR) is 82.1 cm³/mol. The van der Waals surface area contributed by atoms with E-state index in [9.17, 15) is 0 Å². The first-order valence-corrected chi connectivity index (χ1v) is 6.51. The van der Waals surface area contributed by atoms with Crippen molar-refractivity contribution in [3.05, 3.63) is 59.8 Å². The Bertz CT molecular complexity index is 866. The highest BCUT2D eigenvalue weighted by Crippen LogP contribution is 2.35. The van der Waals surface area contributed by atoms with E-state index in [0.717, 1.165) is 16.5 Å². The Morgan fingerprint density at radius 3 is 2.81 bits per heavy atom. The van der Waals surface area contributed by atoms with Crippen LogP contribution in [-0.4, -0.2) is 4.98 Å². The first-order chi connectivity index (χ1) is 10.2. The number of para-hydroxylation sites is 1. The van der Waals surface area contributed by atoms with Crippen molar-refractivity contribution in [1.82, 2.24) is 4.98 Å². The van der Waals surface area contributed by atoms with E-state index in [1.807, 2.05) is 37.3 Å². The molecular weight excluding hydrogens is 262 g/mol. The fourth-order valence-electron chi connectivity index (χ4n) is 2.13. The fraction of sp³-hybridized carbons (Fsp3) is 0.0588. The molecule has 0 saturated heterocycles. The van der Waals surface area contributed by atoms with Crippen molar-refractivity contribution in [1.29, 1.82) is 5.26 Å². The summed E-state index contributed by atoms with van der Waals surface area (Å²) in [4.78, 5) is 4.28. The molecule has 0 bridgehead atoms. The number of benzene rings is 2. The monoisotopic (exact) mass is 275 g/mol. The third kappa shape index (κ3) is 2.37. The third-order valence-corrected chi connectivity index (χ3v) is 3.28. The number of nitriles is 1. The van der Waals surface area contributed by atoms with Crippen LogP contribution in [-0.2, 0) is 0 Å². The minimum Gasteiger partial charge on any atom is -0.454 e. The van der Waals surface area contributed by atoms with Crippen LogP contribution in [0.1, 0.15) is 11.1 Å². The number of aromatic nitrogens is 1. The lowest BCUT2D eigenvalue weighted by Gasteiger charge is -2.13. The molecule has 0 amide bonds. The van der Waals surface area contributed by atoms with E-state index in [2.05, 4.69) is 11.1 Å². The van der Waals surface area contributed by atoms with Gasteiger partial charge in [-0.3, -0.25) is 4.98 Å². The van der Waals surface area contributed by atoms with Crippen molar-refractivity contribution in [2.75, 3.05) is 5.73 Å². The van der Waals surface area contributed by atoms with E-state index in [1.54, 1.807) is 18.3 Å². The molecule has 0 unspecified atom stereocenters. The minimum absolute atomic E-state index is 0.468. The lowest BCUT2D eigenvalue weighted by molar-refractivity contribution is 0.486. The molecule has 4 heteroatoms. The number of pyridine rings is 1. The number of rotatable bonds is 2. The first-order valence-electron chi connectivity index (χ1n) is 6.51. The molecule has 2 aromatic carbocycles. The zero-order valence-electron chi connectivity index (χ0n) is 11.5. The number of nitrogens with two attached hydrogens (primary N) is 1. The fourth-order valence-corrected chi connectivity index (χ4v) is 2.13. The maximum Gasteiger partial charge on any atom is 0.161 e. The van der Waals surface area contributed by atoms with Crippen LogP contribution >= 0.6 is 0 Å². The molecular formula is C17H13N3O. The lowest BCUT2D eigenvalue weighted by Crippen LogP contribution is -1.96. The SMILES string of the molecule is Cc1ccc(C#N)cc1Oc1c(N)cnc2ccccc12. The Labute approximate surface area is 122 Å². The van der Waals surface area contributed by atoms with E-state index in [0.29, 0.717) is 22.7 Å². The Balaban J connectivity index is 2.14. The summed E-state index contributed by atoms with van der Waals surface area (Å²) in [7, 11) is 0. The number of nitrogen functional groups attached to an aromatic ring is 1. The molecule has 3 aromatic rings. The average Bonchev–Trinajstić information content (AvgIpc) is 2.52. The van der Waals surface area contributed by atoms with E-state index in [4.69, 9.17) is 15.7 Å². The topological polar surface area (TPSA) is 71.9 Å². The van der Waals surface area contributed by atoms with Crippen molar-refractivity contribution in [3.8, 4) is 17.6 Å². The molecule has 1 aromatic heterocycles. The van der Waals surface area contributed by atoms with Crippen LogP contribution in [0.15, 0.2) is 48.7 Å². The molecule has 0 atom stereocenters. The summed E-state index contributed by atoms with van der Waals surface area (Å²) in [6.45, 7) is 1.93. The van der Waals surface area contributed by atoms with Crippen LogP contribution in [0.5, 0.6) is 11.5 Å². The van der Waals surface area contributed by atoms with Crippen molar-refractivity contribution >= 4 is 16.6 Å². The smallest absolute Gasteiger partial charge is 0.161 e. The zero-order valence-corrected chi connectivity index (χ0v) is 11.5. The number of hydrogen-bond acceptors (Lipinski definition) is 4. The number of ether oxygens (including phenoxy) is 1. The largest absolute Gasteiger partial charge is 0.454 e. The molecule has 0 aliphatic heterocycles. The Kier molecular flexibility index (Phi) is 3.17. The maximum absolute atomic E-state index is 9.01. The van der Waals surface area contributed by atoms with Gasteiger partial charge in [-0.1, -0.05) is 18.2 Å². The van der Waals surface area contributed by atoms with Gasteiger partial charge in [-0.05, 0) is 36.8 Å². The predicted octanol–water partition coefficient (Wildman–Crippen LogP) is 3.79. The molecule has 0 aliphatic rings. The van der Waals surface area contributed by atoms with Gasteiger partial charge in [-0.2, -0.15) is 5.26 Å². The molecule has 102 valence electrons. The van der Waals surface area contributed by atoms with Crippen molar-refractivity contribution < 1.29 is 4.74 Å². The number of aryl methyl sites for hydroxylation is 1. The van der Waals surface area contributed by atoms with E-state index in [1.165, 1.54) is 0 Å². The number of hydrogen-bond donors (Lipinski definition) is 1. The Morgan fingerprint density at radius 2 is 2.00 bits per heavy atom.